The average Bonchev–Trinajstić information content (AvgIpc) is 2.82. The first-order valence-corrected chi connectivity index (χ1v) is 11.8. The van der Waals surface area contributed by atoms with Gasteiger partial charge in [0.1, 0.15) is 11.8 Å². The predicted molar refractivity (Wildman–Crippen MR) is 134 cm³/mol. The highest BCUT2D eigenvalue weighted by atomic mass is 79.9. The van der Waals surface area contributed by atoms with Gasteiger partial charge in [-0.05, 0) is 54.8 Å². The summed E-state index contributed by atoms with van der Waals surface area (Å²) in [5, 5.41) is 2.90. The summed E-state index contributed by atoms with van der Waals surface area (Å²) in [6.07, 6.45) is 0.419. The smallest absolute Gasteiger partial charge is 0.261 e. The Morgan fingerprint density at radius 2 is 1.64 bits per heavy atom. The molecule has 3 rings (SSSR count). The van der Waals surface area contributed by atoms with Crippen LogP contribution in [0.15, 0.2) is 83.3 Å². The van der Waals surface area contributed by atoms with Crippen LogP contribution >= 0.6 is 15.9 Å². The van der Waals surface area contributed by atoms with Gasteiger partial charge in [0.05, 0.1) is 0 Å². The molecule has 3 aromatic carbocycles. The molecule has 0 aliphatic carbocycles. The second-order valence-electron chi connectivity index (χ2n) is 7.79. The van der Waals surface area contributed by atoms with Crippen LogP contribution in [-0.2, 0) is 22.6 Å². The van der Waals surface area contributed by atoms with Crippen molar-refractivity contribution in [1.29, 1.82) is 0 Å². The molecule has 172 valence electrons. The van der Waals surface area contributed by atoms with Crippen LogP contribution in [0.4, 0.5) is 0 Å². The quantitative estimate of drug-likeness (QED) is 0.423. The van der Waals surface area contributed by atoms with Gasteiger partial charge < -0.3 is 15.0 Å². The van der Waals surface area contributed by atoms with Gasteiger partial charge in [-0.15, -0.1) is 0 Å². The van der Waals surface area contributed by atoms with Crippen LogP contribution in [0.5, 0.6) is 5.75 Å². The van der Waals surface area contributed by atoms with Crippen molar-refractivity contribution in [2.45, 2.75) is 32.9 Å². The first kappa shape index (κ1) is 24.5. The fourth-order valence-electron chi connectivity index (χ4n) is 3.58. The molecule has 0 saturated carbocycles. The molecule has 0 bridgehead atoms. The Labute approximate surface area is 203 Å². The third-order valence-electron chi connectivity index (χ3n) is 5.40. The molecular weight excluding hydrogens is 480 g/mol. The zero-order chi connectivity index (χ0) is 23.6. The van der Waals surface area contributed by atoms with Crippen molar-refractivity contribution in [2.24, 2.45) is 0 Å². The molecule has 6 heteroatoms. The van der Waals surface area contributed by atoms with Crippen LogP contribution < -0.4 is 10.1 Å². The van der Waals surface area contributed by atoms with Crippen LogP contribution in [0.3, 0.4) is 0 Å². The number of nitrogens with zero attached hydrogens (tertiary/aromatic N) is 1. The Kier molecular flexibility index (Phi) is 9.07. The van der Waals surface area contributed by atoms with E-state index in [1.165, 1.54) is 0 Å². The SMILES string of the molecule is CCNC(=O)C(Cc1ccccc1)N(Cc1ccccc1C)C(=O)COc1ccc(Br)cc1. The molecule has 0 saturated heterocycles. The molecular formula is C27H29BrN2O3. The van der Waals surface area contributed by atoms with Crippen LogP contribution in [0.2, 0.25) is 0 Å². The Morgan fingerprint density at radius 3 is 2.30 bits per heavy atom. The van der Waals surface area contributed by atoms with E-state index in [0.717, 1.165) is 21.2 Å². The summed E-state index contributed by atoms with van der Waals surface area (Å²) in [5.74, 6) is 0.181. The second kappa shape index (κ2) is 12.2. The van der Waals surface area contributed by atoms with E-state index in [2.05, 4.69) is 21.2 Å². The van der Waals surface area contributed by atoms with Crippen molar-refractivity contribution in [2.75, 3.05) is 13.2 Å². The summed E-state index contributed by atoms with van der Waals surface area (Å²) in [6, 6.07) is 24.3. The number of hydrogen-bond acceptors (Lipinski definition) is 3. The zero-order valence-electron chi connectivity index (χ0n) is 19.0. The standard InChI is InChI=1S/C27H29BrN2O3/c1-3-29-27(32)25(17-21-10-5-4-6-11-21)30(18-22-12-8-7-9-20(22)2)26(31)19-33-24-15-13-23(28)14-16-24/h4-16,25H,3,17-19H2,1-2H3,(H,29,32). The lowest BCUT2D eigenvalue weighted by Crippen LogP contribution is -2.51. The van der Waals surface area contributed by atoms with Crippen molar-refractivity contribution in [3.05, 3.63) is 100 Å². The van der Waals surface area contributed by atoms with Gasteiger partial charge in [0.2, 0.25) is 5.91 Å². The summed E-state index contributed by atoms with van der Waals surface area (Å²) in [5.41, 5.74) is 3.06. The normalized spacial score (nSPS) is 11.5. The van der Waals surface area contributed by atoms with E-state index in [-0.39, 0.29) is 18.4 Å². The number of aryl methyl sites for hydroxylation is 1. The lowest BCUT2D eigenvalue weighted by atomic mass is 10.0. The average molecular weight is 509 g/mol. The lowest BCUT2D eigenvalue weighted by molar-refractivity contribution is -0.142. The van der Waals surface area contributed by atoms with Gasteiger partial charge in [-0.3, -0.25) is 9.59 Å². The third-order valence-corrected chi connectivity index (χ3v) is 5.93. The fourth-order valence-corrected chi connectivity index (χ4v) is 3.84. The number of halogens is 1. The van der Waals surface area contributed by atoms with Gasteiger partial charge in [-0.1, -0.05) is 70.5 Å². The number of hydrogen-bond donors (Lipinski definition) is 1. The fraction of sp³-hybridized carbons (Fsp3) is 0.259. The minimum atomic E-state index is -0.659. The lowest BCUT2D eigenvalue weighted by Gasteiger charge is -2.31. The predicted octanol–water partition coefficient (Wildman–Crippen LogP) is 4.91. The molecule has 2 amide bonds. The van der Waals surface area contributed by atoms with Crippen LogP contribution in [-0.4, -0.2) is 35.9 Å². The Bertz CT molecular complexity index is 1050. The maximum atomic E-state index is 13.5. The molecule has 1 unspecified atom stereocenters. The van der Waals surface area contributed by atoms with E-state index in [0.29, 0.717) is 25.3 Å². The monoisotopic (exact) mass is 508 g/mol. The molecule has 0 spiro atoms. The Hall–Kier alpha value is -3.12. The summed E-state index contributed by atoms with van der Waals surface area (Å²) in [7, 11) is 0. The number of nitrogens with one attached hydrogen (secondary N) is 1. The largest absolute Gasteiger partial charge is 0.484 e. The van der Waals surface area contributed by atoms with Gasteiger partial charge in [-0.25, -0.2) is 0 Å². The number of carbonyl (C=O) groups excluding carboxylic acids is 2. The molecule has 5 nitrogen and oxygen atoms in total. The topological polar surface area (TPSA) is 58.6 Å². The van der Waals surface area contributed by atoms with Crippen LogP contribution in [0.25, 0.3) is 0 Å². The van der Waals surface area contributed by atoms with Gasteiger partial charge in [0.15, 0.2) is 6.61 Å². The van der Waals surface area contributed by atoms with Gasteiger partial charge in [0, 0.05) is 24.0 Å². The number of ether oxygens (including phenoxy) is 1. The van der Waals surface area contributed by atoms with Crippen LogP contribution in [0.1, 0.15) is 23.6 Å². The minimum Gasteiger partial charge on any atom is -0.484 e. The third kappa shape index (κ3) is 7.19. The highest BCUT2D eigenvalue weighted by Gasteiger charge is 2.30. The van der Waals surface area contributed by atoms with E-state index >= 15 is 0 Å². The van der Waals surface area contributed by atoms with Crippen molar-refractivity contribution in [3.8, 4) is 5.75 Å². The number of benzene rings is 3. The highest BCUT2D eigenvalue weighted by molar-refractivity contribution is 9.10. The zero-order valence-corrected chi connectivity index (χ0v) is 20.5. The summed E-state index contributed by atoms with van der Waals surface area (Å²) in [6.45, 7) is 4.55. The second-order valence-corrected chi connectivity index (χ2v) is 8.71. The van der Waals surface area contributed by atoms with E-state index in [1.807, 2.05) is 80.6 Å². The molecule has 1 atom stereocenters. The minimum absolute atomic E-state index is 0.155. The Balaban J connectivity index is 1.89. The Morgan fingerprint density at radius 1 is 0.970 bits per heavy atom. The highest BCUT2D eigenvalue weighted by Crippen LogP contribution is 2.19. The summed E-state index contributed by atoms with van der Waals surface area (Å²) >= 11 is 3.40. The summed E-state index contributed by atoms with van der Waals surface area (Å²) < 4.78 is 6.70. The molecule has 33 heavy (non-hydrogen) atoms. The molecule has 0 heterocycles. The van der Waals surface area contributed by atoms with Crippen molar-refractivity contribution < 1.29 is 14.3 Å². The number of amides is 2. The number of likely N-dealkylation sites (N-methyl/N-ethyl adjacent to an activating group) is 1. The molecule has 0 radical (unpaired) electrons. The van der Waals surface area contributed by atoms with Crippen molar-refractivity contribution in [1.82, 2.24) is 10.2 Å². The van der Waals surface area contributed by atoms with E-state index in [1.54, 1.807) is 17.0 Å². The molecule has 0 aliphatic rings. The summed E-state index contributed by atoms with van der Waals surface area (Å²) in [4.78, 5) is 28.2. The molecule has 0 aliphatic heterocycles. The number of carbonyl (C=O) groups is 2. The van der Waals surface area contributed by atoms with Crippen LogP contribution in [0, 0.1) is 6.92 Å². The molecule has 3 aromatic rings. The first-order valence-electron chi connectivity index (χ1n) is 11.0. The van der Waals surface area contributed by atoms with E-state index in [4.69, 9.17) is 4.74 Å². The molecule has 0 fully saturated rings. The maximum absolute atomic E-state index is 13.5. The number of rotatable bonds is 10. The first-order chi connectivity index (χ1) is 16.0. The van der Waals surface area contributed by atoms with Crippen molar-refractivity contribution >= 4 is 27.7 Å². The van der Waals surface area contributed by atoms with Gasteiger partial charge in [0.25, 0.3) is 5.91 Å². The maximum Gasteiger partial charge on any atom is 0.261 e. The molecule has 0 aromatic heterocycles. The van der Waals surface area contributed by atoms with E-state index < -0.39 is 6.04 Å². The molecule has 1 N–H and O–H groups in total. The van der Waals surface area contributed by atoms with Crippen molar-refractivity contribution in [3.63, 3.8) is 0 Å². The van der Waals surface area contributed by atoms with Gasteiger partial charge in [-0.2, -0.15) is 0 Å². The van der Waals surface area contributed by atoms with Gasteiger partial charge >= 0.3 is 0 Å². The van der Waals surface area contributed by atoms with E-state index in [9.17, 15) is 9.59 Å².